The Hall–Kier alpha value is -3.59. The quantitative estimate of drug-likeness (QED) is 0.455. The van der Waals surface area contributed by atoms with Crippen LogP contribution in [-0.2, 0) is 9.59 Å². The van der Waals surface area contributed by atoms with Gasteiger partial charge in [-0.25, -0.2) is 13.8 Å². The van der Waals surface area contributed by atoms with Crippen LogP contribution in [-0.4, -0.2) is 29.9 Å². The third-order valence-electron chi connectivity index (χ3n) is 5.43. The fourth-order valence-corrected chi connectivity index (χ4v) is 4.70. The molecule has 4 rings (SSSR count). The van der Waals surface area contributed by atoms with Crippen LogP contribution in [0.2, 0.25) is 0 Å². The Morgan fingerprint density at radius 1 is 1.12 bits per heavy atom. The van der Waals surface area contributed by atoms with E-state index < -0.39 is 17.5 Å². The Bertz CT molecular complexity index is 1220. The van der Waals surface area contributed by atoms with E-state index in [-0.39, 0.29) is 16.7 Å². The number of thiazole rings is 1. The molecule has 6 nitrogen and oxygen atoms in total. The summed E-state index contributed by atoms with van der Waals surface area (Å²) in [7, 11) is 0. The summed E-state index contributed by atoms with van der Waals surface area (Å²) in [5.74, 6) is -1.79. The highest BCUT2D eigenvalue weighted by atomic mass is 32.1. The molecule has 0 saturated carbocycles. The maximum absolute atomic E-state index is 14.2. The van der Waals surface area contributed by atoms with Gasteiger partial charge < -0.3 is 10.2 Å². The van der Waals surface area contributed by atoms with Gasteiger partial charge in [-0.1, -0.05) is 12.1 Å². The van der Waals surface area contributed by atoms with Gasteiger partial charge in [0.05, 0.1) is 22.8 Å². The number of nitrogens with zero attached hydrogens (tertiary/aromatic N) is 3. The van der Waals surface area contributed by atoms with Crippen LogP contribution in [0.5, 0.6) is 0 Å². The van der Waals surface area contributed by atoms with E-state index in [2.05, 4.69) is 15.2 Å². The summed E-state index contributed by atoms with van der Waals surface area (Å²) in [4.78, 5) is 32.4. The van der Waals surface area contributed by atoms with Crippen LogP contribution < -0.4 is 15.1 Å². The van der Waals surface area contributed by atoms with E-state index >= 15 is 0 Å². The predicted molar refractivity (Wildman–Crippen MR) is 131 cm³/mol. The molecule has 1 aromatic heterocycles. The van der Waals surface area contributed by atoms with Gasteiger partial charge in [-0.2, -0.15) is 0 Å². The molecular weight excluding hydrogens is 458 g/mol. The zero-order valence-corrected chi connectivity index (χ0v) is 19.4. The van der Waals surface area contributed by atoms with Gasteiger partial charge in [0.25, 0.3) is 0 Å². The molecule has 1 fully saturated rings. The molecule has 1 aliphatic rings. The number of benzene rings is 2. The Morgan fingerprint density at radius 3 is 2.62 bits per heavy atom. The summed E-state index contributed by atoms with van der Waals surface area (Å²) in [5.41, 5.74) is 1.75. The second-order valence-corrected chi connectivity index (χ2v) is 8.73. The molecule has 2 heterocycles. The van der Waals surface area contributed by atoms with Crippen LogP contribution in [0, 0.1) is 11.6 Å². The largest absolute Gasteiger partial charge is 0.370 e. The number of halogens is 2. The number of hydrogen-bond acceptors (Lipinski definition) is 5. The fraction of sp³-hybridized carbons (Fsp3) is 0.240. The zero-order chi connectivity index (χ0) is 24.1. The number of piperidine rings is 1. The Labute approximate surface area is 200 Å². The molecule has 0 bridgehead atoms. The van der Waals surface area contributed by atoms with Crippen molar-refractivity contribution in [3.05, 3.63) is 71.2 Å². The third-order valence-corrected chi connectivity index (χ3v) is 6.27. The first-order valence-corrected chi connectivity index (χ1v) is 11.8. The molecule has 0 unspecified atom stereocenters. The number of aromatic nitrogens is 1. The average molecular weight is 483 g/mol. The minimum absolute atomic E-state index is 0.106. The molecule has 0 aliphatic carbocycles. The minimum Gasteiger partial charge on any atom is -0.370 e. The number of carbonyl (C=O) groups excluding carboxylic acids is 2. The molecule has 0 atom stereocenters. The Balaban J connectivity index is 1.49. The molecule has 3 aromatic rings. The first-order chi connectivity index (χ1) is 16.4. The zero-order valence-electron chi connectivity index (χ0n) is 18.6. The van der Waals surface area contributed by atoms with Gasteiger partial charge in [-0.15, -0.1) is 11.3 Å². The van der Waals surface area contributed by atoms with Crippen LogP contribution in [0.25, 0.3) is 6.08 Å². The number of rotatable bonds is 6. The predicted octanol–water partition coefficient (Wildman–Crippen LogP) is 5.75. The van der Waals surface area contributed by atoms with Crippen molar-refractivity contribution in [3.8, 4) is 0 Å². The van der Waals surface area contributed by atoms with Crippen LogP contribution in [0.3, 0.4) is 0 Å². The lowest BCUT2D eigenvalue weighted by Crippen LogP contribution is -2.30. The van der Waals surface area contributed by atoms with Crippen LogP contribution in [0.1, 0.15) is 31.9 Å². The number of nitrogens with one attached hydrogen (secondary N) is 1. The van der Waals surface area contributed by atoms with E-state index in [1.54, 1.807) is 23.6 Å². The summed E-state index contributed by atoms with van der Waals surface area (Å²) >= 11 is 1.16. The second kappa shape index (κ2) is 10.6. The lowest BCUT2D eigenvalue weighted by molar-refractivity contribution is -0.116. The Morgan fingerprint density at radius 2 is 1.88 bits per heavy atom. The lowest BCUT2D eigenvalue weighted by Gasteiger charge is -2.30. The summed E-state index contributed by atoms with van der Waals surface area (Å²) < 4.78 is 28.1. The van der Waals surface area contributed by atoms with E-state index in [1.165, 1.54) is 48.2 Å². The smallest absolute Gasteiger partial charge is 0.248 e. The fourth-order valence-electron chi connectivity index (χ4n) is 3.85. The van der Waals surface area contributed by atoms with Crippen LogP contribution in [0.4, 0.5) is 31.0 Å². The summed E-state index contributed by atoms with van der Waals surface area (Å²) in [6.07, 6.45) is 6.07. The number of amides is 2. The molecule has 0 radical (unpaired) electrons. The highest BCUT2D eigenvalue weighted by Crippen LogP contribution is 2.32. The van der Waals surface area contributed by atoms with Crippen LogP contribution in [0.15, 0.2) is 53.9 Å². The molecule has 9 heteroatoms. The molecule has 2 amide bonds. The molecule has 176 valence electrons. The van der Waals surface area contributed by atoms with Gasteiger partial charge >= 0.3 is 0 Å². The van der Waals surface area contributed by atoms with Crippen molar-refractivity contribution in [1.82, 2.24) is 4.98 Å². The van der Waals surface area contributed by atoms with Crippen molar-refractivity contribution >= 4 is 51.4 Å². The van der Waals surface area contributed by atoms with E-state index in [0.29, 0.717) is 11.4 Å². The van der Waals surface area contributed by atoms with Crippen LogP contribution >= 0.6 is 11.3 Å². The van der Waals surface area contributed by atoms with Gasteiger partial charge in [0.1, 0.15) is 11.6 Å². The number of anilines is 4. The van der Waals surface area contributed by atoms with Gasteiger partial charge in [-0.3, -0.25) is 14.5 Å². The monoisotopic (exact) mass is 482 g/mol. The average Bonchev–Trinajstić information content (AvgIpc) is 3.28. The molecule has 1 N–H and O–H groups in total. The van der Waals surface area contributed by atoms with Crippen molar-refractivity contribution in [3.63, 3.8) is 0 Å². The highest BCUT2D eigenvalue weighted by Gasteiger charge is 2.21. The van der Waals surface area contributed by atoms with Crippen molar-refractivity contribution < 1.29 is 18.4 Å². The summed E-state index contributed by atoms with van der Waals surface area (Å²) in [6.45, 7) is 3.05. The summed E-state index contributed by atoms with van der Waals surface area (Å²) in [5, 5.41) is 4.71. The van der Waals surface area contributed by atoms with E-state index in [0.717, 1.165) is 49.4 Å². The molecular formula is C25H24F2N4O2S. The van der Waals surface area contributed by atoms with Crippen molar-refractivity contribution in [1.29, 1.82) is 0 Å². The first-order valence-electron chi connectivity index (χ1n) is 11.0. The molecule has 2 aromatic carbocycles. The van der Waals surface area contributed by atoms with E-state index in [9.17, 15) is 18.4 Å². The van der Waals surface area contributed by atoms with Gasteiger partial charge in [0.15, 0.2) is 5.13 Å². The topological polar surface area (TPSA) is 65.5 Å². The minimum atomic E-state index is -0.538. The third kappa shape index (κ3) is 5.48. The summed E-state index contributed by atoms with van der Waals surface area (Å²) in [6, 6.07) is 10.3. The van der Waals surface area contributed by atoms with Gasteiger partial charge in [0.2, 0.25) is 11.8 Å². The number of para-hydroxylation sites is 1. The van der Waals surface area contributed by atoms with Crippen molar-refractivity contribution in [2.45, 2.75) is 26.2 Å². The lowest BCUT2D eigenvalue weighted by atomic mass is 10.1. The number of carbonyl (C=O) groups is 2. The highest BCUT2D eigenvalue weighted by molar-refractivity contribution is 7.14. The van der Waals surface area contributed by atoms with Gasteiger partial charge in [0, 0.05) is 31.5 Å². The second-order valence-electron chi connectivity index (χ2n) is 7.89. The SMILES string of the molecule is CC(=O)N(c1nc(/C=C/C(=O)Nc2cc(F)ccc2N2CCCCC2)cs1)c1ccccc1F. The molecule has 1 aliphatic heterocycles. The van der Waals surface area contributed by atoms with Gasteiger partial charge in [-0.05, 0) is 55.7 Å². The number of hydrogen-bond donors (Lipinski definition) is 1. The maximum Gasteiger partial charge on any atom is 0.248 e. The first kappa shape index (κ1) is 23.6. The van der Waals surface area contributed by atoms with E-state index in [4.69, 9.17) is 0 Å². The Kier molecular flexibility index (Phi) is 7.32. The maximum atomic E-state index is 14.2. The van der Waals surface area contributed by atoms with Crippen molar-refractivity contribution in [2.75, 3.05) is 28.2 Å². The normalized spacial score (nSPS) is 13.8. The van der Waals surface area contributed by atoms with E-state index in [1.807, 2.05) is 0 Å². The molecule has 34 heavy (non-hydrogen) atoms. The standard InChI is InChI=1S/C25H24F2N4O2S/c1-17(32)31(22-8-4-3-7-20(22)27)25-28-19(16-34-25)10-12-24(33)29-21-15-18(26)9-11-23(21)30-13-5-2-6-14-30/h3-4,7-12,15-16H,2,5-6,13-14H2,1H3,(H,29,33)/b12-10+. The molecule has 0 spiro atoms. The molecule has 1 saturated heterocycles. The van der Waals surface area contributed by atoms with Crippen molar-refractivity contribution in [2.24, 2.45) is 0 Å².